The molecule has 10 nitrogen and oxygen atoms in total. The van der Waals surface area contributed by atoms with Gasteiger partial charge < -0.3 is 19.6 Å². The summed E-state index contributed by atoms with van der Waals surface area (Å²) in [6.45, 7) is 13.2. The Balaban J connectivity index is 1.70. The Morgan fingerprint density at radius 3 is 2.59 bits per heavy atom. The number of carboxylic acid groups (broad SMARTS) is 1. The van der Waals surface area contributed by atoms with Crippen molar-refractivity contribution in [2.45, 2.75) is 58.7 Å². The first-order chi connectivity index (χ1) is 17.4. The highest BCUT2D eigenvalue weighted by molar-refractivity contribution is 6.76. The minimum absolute atomic E-state index is 0.108. The molecular weight excluding hydrogens is 510 g/mol. The van der Waals surface area contributed by atoms with Crippen LogP contribution in [0.3, 0.4) is 0 Å². The van der Waals surface area contributed by atoms with Crippen LogP contribution in [-0.2, 0) is 11.5 Å². The van der Waals surface area contributed by atoms with Gasteiger partial charge in [0.15, 0.2) is 0 Å². The summed E-state index contributed by atoms with van der Waals surface area (Å²) in [6.07, 6.45) is 1.40. The molecule has 0 aliphatic carbocycles. The highest BCUT2D eigenvalue weighted by Crippen LogP contribution is 2.31. The van der Waals surface area contributed by atoms with E-state index in [0.717, 1.165) is 29.7 Å². The topological polar surface area (TPSA) is 102 Å². The Morgan fingerprint density at radius 2 is 1.95 bits per heavy atom. The van der Waals surface area contributed by atoms with Gasteiger partial charge in [-0.15, -0.1) is 0 Å². The van der Waals surface area contributed by atoms with Crippen molar-refractivity contribution in [2.75, 3.05) is 31.6 Å². The fourth-order valence-corrected chi connectivity index (χ4v) is 5.45. The minimum Gasteiger partial charge on any atom is -0.465 e. The Morgan fingerprint density at radius 1 is 1.24 bits per heavy atom. The number of anilines is 1. The van der Waals surface area contributed by atoms with E-state index in [9.17, 15) is 9.90 Å². The molecule has 1 amide bonds. The Labute approximate surface area is 223 Å². The van der Waals surface area contributed by atoms with Crippen LogP contribution in [0.4, 0.5) is 10.6 Å². The average Bonchev–Trinajstić information content (AvgIpc) is 3.54. The fourth-order valence-electron chi connectivity index (χ4n) is 4.46. The summed E-state index contributed by atoms with van der Waals surface area (Å²) in [5, 5.41) is 14.4. The van der Waals surface area contributed by atoms with Gasteiger partial charge in [-0.1, -0.05) is 31.2 Å². The standard InChI is InChI=1S/C25H36ClN7O3Si/c1-17-7-8-18(2)33(17)24-28-21(13-22(29-24)31-10-9-19(15-31)30(3)25(34)35)23-20(26)14-27-32(23)16-36-11-12-37(4,5)6/h7-8,13-14,19H,9-12,15-16H2,1-6H3,(H,34,35). The van der Waals surface area contributed by atoms with E-state index in [-0.39, 0.29) is 12.8 Å². The van der Waals surface area contributed by atoms with Crippen LogP contribution in [-0.4, -0.2) is 81.3 Å². The number of nitrogens with zero attached hydrogens (tertiary/aromatic N) is 7. The van der Waals surface area contributed by atoms with Gasteiger partial charge >= 0.3 is 6.09 Å². The van der Waals surface area contributed by atoms with E-state index in [1.807, 2.05) is 36.6 Å². The highest BCUT2D eigenvalue weighted by Gasteiger charge is 2.30. The van der Waals surface area contributed by atoms with Crippen molar-refractivity contribution in [3.05, 3.63) is 40.8 Å². The van der Waals surface area contributed by atoms with Crippen LogP contribution in [0.15, 0.2) is 24.4 Å². The Bertz CT molecular complexity index is 1250. The van der Waals surface area contributed by atoms with Crippen LogP contribution >= 0.6 is 11.6 Å². The van der Waals surface area contributed by atoms with E-state index in [0.29, 0.717) is 42.1 Å². The van der Waals surface area contributed by atoms with E-state index >= 15 is 0 Å². The van der Waals surface area contributed by atoms with Gasteiger partial charge in [-0.2, -0.15) is 10.1 Å². The second-order valence-electron chi connectivity index (χ2n) is 10.8. The number of halogens is 1. The molecule has 1 atom stereocenters. The molecule has 1 aliphatic heterocycles. The first-order valence-electron chi connectivity index (χ1n) is 12.5. The lowest BCUT2D eigenvalue weighted by atomic mass is 10.2. The fraction of sp³-hybridized carbons (Fsp3) is 0.520. The number of hydrogen-bond donors (Lipinski definition) is 1. The van der Waals surface area contributed by atoms with Crippen LogP contribution in [0.1, 0.15) is 17.8 Å². The zero-order valence-electron chi connectivity index (χ0n) is 22.4. The van der Waals surface area contributed by atoms with E-state index in [2.05, 4.69) is 29.6 Å². The summed E-state index contributed by atoms with van der Waals surface area (Å²) in [5.74, 6) is 1.25. The molecule has 1 fully saturated rings. The predicted molar refractivity (Wildman–Crippen MR) is 148 cm³/mol. The number of aromatic nitrogens is 5. The normalized spacial score (nSPS) is 16.0. The van der Waals surface area contributed by atoms with Gasteiger partial charge in [0.05, 0.1) is 23.0 Å². The van der Waals surface area contributed by atoms with Gasteiger partial charge in [-0.05, 0) is 38.4 Å². The molecule has 12 heteroatoms. The second kappa shape index (κ2) is 10.8. The number of carbonyl (C=O) groups is 1. The summed E-state index contributed by atoms with van der Waals surface area (Å²) in [4.78, 5) is 24.8. The second-order valence-corrected chi connectivity index (χ2v) is 16.9. The maximum atomic E-state index is 11.5. The van der Waals surface area contributed by atoms with Crippen LogP contribution in [0.25, 0.3) is 17.3 Å². The lowest BCUT2D eigenvalue weighted by Gasteiger charge is -2.23. The highest BCUT2D eigenvalue weighted by atomic mass is 35.5. The monoisotopic (exact) mass is 545 g/mol. The van der Waals surface area contributed by atoms with Gasteiger partial charge in [0.2, 0.25) is 5.95 Å². The third kappa shape index (κ3) is 6.16. The van der Waals surface area contributed by atoms with Gasteiger partial charge in [0.25, 0.3) is 0 Å². The quantitative estimate of drug-likeness (QED) is 0.301. The molecule has 37 heavy (non-hydrogen) atoms. The maximum absolute atomic E-state index is 11.5. The number of hydrogen-bond acceptors (Lipinski definition) is 6. The third-order valence-electron chi connectivity index (χ3n) is 6.76. The summed E-state index contributed by atoms with van der Waals surface area (Å²) in [5.41, 5.74) is 3.33. The van der Waals surface area contributed by atoms with E-state index < -0.39 is 14.2 Å². The van der Waals surface area contributed by atoms with Crippen LogP contribution in [0.2, 0.25) is 30.7 Å². The molecule has 0 aromatic carbocycles. The van der Waals surface area contributed by atoms with Crippen molar-refractivity contribution >= 4 is 31.6 Å². The minimum atomic E-state index is -1.21. The largest absolute Gasteiger partial charge is 0.465 e. The molecule has 200 valence electrons. The zero-order valence-corrected chi connectivity index (χ0v) is 24.2. The average molecular weight is 546 g/mol. The summed E-state index contributed by atoms with van der Waals surface area (Å²) in [7, 11) is 0.401. The first kappa shape index (κ1) is 27.1. The number of rotatable bonds is 9. The van der Waals surface area contributed by atoms with Gasteiger partial charge in [-0.3, -0.25) is 4.57 Å². The lowest BCUT2D eigenvalue weighted by molar-refractivity contribution is 0.0797. The number of ether oxygens (including phenoxy) is 1. The van der Waals surface area contributed by atoms with Crippen molar-refractivity contribution in [3.63, 3.8) is 0 Å². The molecule has 1 saturated heterocycles. The van der Waals surface area contributed by atoms with Crippen LogP contribution in [0, 0.1) is 13.8 Å². The molecule has 0 radical (unpaired) electrons. The van der Waals surface area contributed by atoms with Crippen LogP contribution in [0.5, 0.6) is 0 Å². The molecular formula is C25H36ClN7O3Si. The summed E-state index contributed by atoms with van der Waals surface area (Å²) < 4.78 is 9.70. The van der Waals surface area contributed by atoms with E-state index in [1.54, 1.807) is 17.9 Å². The van der Waals surface area contributed by atoms with Gasteiger partial charge in [0, 0.05) is 52.3 Å². The number of amides is 1. The molecule has 0 spiro atoms. The molecule has 1 aliphatic rings. The van der Waals surface area contributed by atoms with Crippen molar-refractivity contribution in [1.82, 2.24) is 29.2 Å². The van der Waals surface area contributed by atoms with E-state index in [4.69, 9.17) is 26.3 Å². The van der Waals surface area contributed by atoms with Crippen molar-refractivity contribution in [2.24, 2.45) is 0 Å². The maximum Gasteiger partial charge on any atom is 0.407 e. The van der Waals surface area contributed by atoms with E-state index in [1.165, 1.54) is 4.90 Å². The van der Waals surface area contributed by atoms with Crippen molar-refractivity contribution in [3.8, 4) is 17.3 Å². The molecule has 0 saturated carbocycles. The van der Waals surface area contributed by atoms with Crippen LogP contribution < -0.4 is 4.90 Å². The Kier molecular flexibility index (Phi) is 7.96. The zero-order chi connectivity index (χ0) is 26.9. The van der Waals surface area contributed by atoms with Gasteiger partial charge in [0.1, 0.15) is 18.2 Å². The molecule has 4 rings (SSSR count). The Hall–Kier alpha value is -2.89. The predicted octanol–water partition coefficient (Wildman–Crippen LogP) is 4.90. The smallest absolute Gasteiger partial charge is 0.407 e. The molecule has 0 bridgehead atoms. The summed E-state index contributed by atoms with van der Waals surface area (Å²) in [6, 6.07) is 6.92. The van der Waals surface area contributed by atoms with Crippen molar-refractivity contribution < 1.29 is 14.6 Å². The van der Waals surface area contributed by atoms with Gasteiger partial charge in [-0.25, -0.2) is 14.5 Å². The summed E-state index contributed by atoms with van der Waals surface area (Å²) >= 11 is 6.63. The molecule has 1 unspecified atom stereocenters. The molecule has 3 aromatic heterocycles. The SMILES string of the molecule is Cc1ccc(C)n1-c1nc(-c2c(Cl)cnn2COCC[Si](C)(C)C)cc(N2CCC(N(C)C(=O)O)C2)n1. The molecule has 1 N–H and O–H groups in total. The van der Waals surface area contributed by atoms with Crippen molar-refractivity contribution in [1.29, 1.82) is 0 Å². The first-order valence-corrected chi connectivity index (χ1v) is 16.6. The number of likely N-dealkylation sites (N-methyl/N-ethyl adjacent to an activating group) is 1. The molecule has 3 aromatic rings. The lowest BCUT2D eigenvalue weighted by Crippen LogP contribution is -2.38. The molecule has 4 heterocycles. The third-order valence-corrected chi connectivity index (χ3v) is 8.74. The number of aryl methyl sites for hydroxylation is 2.